The van der Waals surface area contributed by atoms with E-state index >= 15 is 0 Å². The molecule has 3 heterocycles. The average molecular weight is 463 g/mol. The largest absolute Gasteiger partial charge is 0.353 e. The van der Waals surface area contributed by atoms with Crippen LogP contribution in [0.1, 0.15) is 38.2 Å². The van der Waals surface area contributed by atoms with Crippen molar-refractivity contribution in [1.82, 2.24) is 24.7 Å². The summed E-state index contributed by atoms with van der Waals surface area (Å²) in [5.74, 6) is 1.21. The fourth-order valence-electron chi connectivity index (χ4n) is 5.62. The van der Waals surface area contributed by atoms with Crippen LogP contribution in [0.4, 0.5) is 5.82 Å². The summed E-state index contributed by atoms with van der Waals surface area (Å²) < 4.78 is 0. The molecule has 1 aromatic carbocycles. The Hall–Kier alpha value is -2.51. The Bertz CT molecular complexity index is 942. The molecule has 0 N–H and O–H groups in total. The summed E-state index contributed by atoms with van der Waals surface area (Å²) in [4.78, 5) is 31.5. The molecule has 3 fully saturated rings. The van der Waals surface area contributed by atoms with Crippen molar-refractivity contribution in [3.8, 4) is 11.3 Å². The van der Waals surface area contributed by atoms with Gasteiger partial charge in [0.1, 0.15) is 5.82 Å². The summed E-state index contributed by atoms with van der Waals surface area (Å²) in [6, 6.07) is 9.27. The number of nitrogens with zero attached hydrogens (tertiary/aromatic N) is 6. The third-order valence-corrected chi connectivity index (χ3v) is 7.83. The van der Waals surface area contributed by atoms with Gasteiger partial charge in [-0.1, -0.05) is 38.0 Å². The van der Waals surface area contributed by atoms with E-state index in [4.69, 9.17) is 4.98 Å². The number of amides is 1. The van der Waals surface area contributed by atoms with Gasteiger partial charge in [-0.2, -0.15) is 0 Å². The molecule has 0 atom stereocenters. The van der Waals surface area contributed by atoms with Crippen molar-refractivity contribution in [1.29, 1.82) is 0 Å². The highest BCUT2D eigenvalue weighted by atomic mass is 16.2. The second kappa shape index (κ2) is 10.8. The Balaban J connectivity index is 1.08. The maximum atomic E-state index is 12.9. The molecule has 0 spiro atoms. The zero-order chi connectivity index (χ0) is 23.3. The first-order valence-corrected chi connectivity index (χ1v) is 13.1. The van der Waals surface area contributed by atoms with Crippen LogP contribution < -0.4 is 4.90 Å². The number of carbonyl (C=O) groups is 1. The number of hydrogen-bond acceptors (Lipinski definition) is 6. The number of piperazine rings is 2. The summed E-state index contributed by atoms with van der Waals surface area (Å²) in [5, 5.41) is 0. The molecule has 182 valence electrons. The molecule has 1 aromatic heterocycles. The average Bonchev–Trinajstić information content (AvgIpc) is 3.45. The Morgan fingerprint density at radius 2 is 1.71 bits per heavy atom. The van der Waals surface area contributed by atoms with E-state index in [1.807, 2.05) is 12.4 Å². The Morgan fingerprint density at radius 3 is 2.38 bits per heavy atom. The van der Waals surface area contributed by atoms with Gasteiger partial charge >= 0.3 is 0 Å². The van der Waals surface area contributed by atoms with Crippen LogP contribution in [0.2, 0.25) is 0 Å². The van der Waals surface area contributed by atoms with Crippen LogP contribution in [0.15, 0.2) is 36.7 Å². The van der Waals surface area contributed by atoms with Crippen LogP contribution in [-0.2, 0) is 11.2 Å². The first kappa shape index (κ1) is 23.2. The molecular weight excluding hydrogens is 424 g/mol. The van der Waals surface area contributed by atoms with Crippen molar-refractivity contribution in [2.24, 2.45) is 0 Å². The second-order valence-corrected chi connectivity index (χ2v) is 9.93. The summed E-state index contributed by atoms with van der Waals surface area (Å²) in [6.07, 6.45) is 10.2. The van der Waals surface area contributed by atoms with Gasteiger partial charge in [-0.25, -0.2) is 4.98 Å². The Labute approximate surface area is 203 Å². The van der Waals surface area contributed by atoms with Crippen molar-refractivity contribution in [3.63, 3.8) is 0 Å². The van der Waals surface area contributed by atoms with Gasteiger partial charge in [0.2, 0.25) is 5.91 Å². The molecule has 0 unspecified atom stereocenters. The SMILES string of the molecule is CCc1cccc(-c2cnc(N3CCN(CC(=O)N4CCN(C5CCCC5)CC4)CC3)cn2)c1. The molecule has 0 bridgehead atoms. The predicted molar refractivity (Wildman–Crippen MR) is 136 cm³/mol. The van der Waals surface area contributed by atoms with Crippen LogP contribution >= 0.6 is 0 Å². The second-order valence-electron chi connectivity index (χ2n) is 9.93. The van der Waals surface area contributed by atoms with Gasteiger partial charge in [-0.05, 0) is 30.9 Å². The summed E-state index contributed by atoms with van der Waals surface area (Å²) in [6.45, 7) is 10.1. The molecule has 2 aliphatic heterocycles. The molecule has 1 saturated carbocycles. The predicted octanol–water partition coefficient (Wildman–Crippen LogP) is 2.91. The fraction of sp³-hybridized carbons (Fsp3) is 0.593. The molecule has 0 radical (unpaired) electrons. The van der Waals surface area contributed by atoms with Gasteiger partial charge in [-0.3, -0.25) is 19.6 Å². The third kappa shape index (κ3) is 5.41. The van der Waals surface area contributed by atoms with E-state index < -0.39 is 0 Å². The molecule has 1 amide bonds. The van der Waals surface area contributed by atoms with Crippen molar-refractivity contribution in [2.45, 2.75) is 45.1 Å². The highest BCUT2D eigenvalue weighted by Crippen LogP contribution is 2.24. The standard InChI is InChI=1S/C27H38N6O/c1-2-22-6-5-7-23(18-22)25-19-29-26(20-28-25)32-12-10-30(11-13-32)21-27(34)33-16-14-31(15-17-33)24-8-3-4-9-24/h5-7,18-20,24H,2-4,8-17,21H2,1H3. The van der Waals surface area contributed by atoms with Gasteiger partial charge in [-0.15, -0.1) is 0 Å². The van der Waals surface area contributed by atoms with Gasteiger partial charge in [0, 0.05) is 64.0 Å². The van der Waals surface area contributed by atoms with Crippen LogP contribution in [0, 0.1) is 0 Å². The first-order chi connectivity index (χ1) is 16.7. The maximum absolute atomic E-state index is 12.9. The van der Waals surface area contributed by atoms with E-state index in [9.17, 15) is 4.79 Å². The number of hydrogen-bond donors (Lipinski definition) is 0. The Kier molecular flexibility index (Phi) is 7.40. The molecule has 5 rings (SSSR count). The van der Waals surface area contributed by atoms with E-state index in [2.05, 4.69) is 55.8 Å². The zero-order valence-corrected chi connectivity index (χ0v) is 20.5. The van der Waals surface area contributed by atoms with E-state index in [1.54, 1.807) is 0 Å². The maximum Gasteiger partial charge on any atom is 0.236 e. The van der Waals surface area contributed by atoms with Crippen LogP contribution in [0.3, 0.4) is 0 Å². The number of aromatic nitrogens is 2. The summed E-state index contributed by atoms with van der Waals surface area (Å²) >= 11 is 0. The van der Waals surface area contributed by atoms with Gasteiger partial charge in [0.15, 0.2) is 0 Å². The first-order valence-electron chi connectivity index (χ1n) is 13.1. The fourth-order valence-corrected chi connectivity index (χ4v) is 5.62. The number of carbonyl (C=O) groups excluding carboxylic acids is 1. The normalized spacial score (nSPS) is 20.7. The lowest BCUT2D eigenvalue weighted by Crippen LogP contribution is -2.55. The highest BCUT2D eigenvalue weighted by Gasteiger charge is 2.29. The quantitative estimate of drug-likeness (QED) is 0.658. The topological polar surface area (TPSA) is 55.8 Å². The number of benzene rings is 1. The van der Waals surface area contributed by atoms with Gasteiger partial charge < -0.3 is 9.80 Å². The molecule has 2 aromatic rings. The lowest BCUT2D eigenvalue weighted by molar-refractivity contribution is -0.134. The van der Waals surface area contributed by atoms with E-state index in [-0.39, 0.29) is 5.91 Å². The van der Waals surface area contributed by atoms with Crippen molar-refractivity contribution in [2.75, 3.05) is 63.8 Å². The van der Waals surface area contributed by atoms with Crippen molar-refractivity contribution < 1.29 is 4.79 Å². The molecule has 34 heavy (non-hydrogen) atoms. The highest BCUT2D eigenvalue weighted by molar-refractivity contribution is 5.78. The van der Waals surface area contributed by atoms with E-state index in [0.29, 0.717) is 6.54 Å². The molecule has 2 saturated heterocycles. The zero-order valence-electron chi connectivity index (χ0n) is 20.5. The monoisotopic (exact) mass is 462 g/mol. The van der Waals surface area contributed by atoms with Crippen molar-refractivity contribution >= 4 is 11.7 Å². The summed E-state index contributed by atoms with van der Waals surface area (Å²) in [5.41, 5.74) is 3.34. The lowest BCUT2D eigenvalue weighted by atomic mass is 10.1. The smallest absolute Gasteiger partial charge is 0.236 e. The van der Waals surface area contributed by atoms with Crippen LogP contribution in [0.5, 0.6) is 0 Å². The minimum atomic E-state index is 0.290. The molecule has 3 aliphatic rings. The van der Waals surface area contributed by atoms with Crippen LogP contribution in [0.25, 0.3) is 11.3 Å². The van der Waals surface area contributed by atoms with E-state index in [1.165, 1.54) is 31.2 Å². The van der Waals surface area contributed by atoms with Gasteiger partial charge in [0.05, 0.1) is 24.6 Å². The molecule has 7 nitrogen and oxygen atoms in total. The summed E-state index contributed by atoms with van der Waals surface area (Å²) in [7, 11) is 0. The lowest BCUT2D eigenvalue weighted by Gasteiger charge is -2.40. The van der Waals surface area contributed by atoms with Crippen LogP contribution in [-0.4, -0.2) is 95.5 Å². The third-order valence-electron chi connectivity index (χ3n) is 7.83. The number of rotatable bonds is 6. The molecule has 7 heteroatoms. The minimum absolute atomic E-state index is 0.290. The van der Waals surface area contributed by atoms with E-state index in [0.717, 1.165) is 81.9 Å². The number of aryl methyl sites for hydroxylation is 1. The minimum Gasteiger partial charge on any atom is -0.353 e. The Morgan fingerprint density at radius 1 is 0.941 bits per heavy atom. The molecular formula is C27H38N6O. The number of anilines is 1. The molecule has 1 aliphatic carbocycles. The van der Waals surface area contributed by atoms with Crippen molar-refractivity contribution in [3.05, 3.63) is 42.2 Å². The van der Waals surface area contributed by atoms with Gasteiger partial charge in [0.25, 0.3) is 0 Å².